The maximum Gasteiger partial charge on any atom is 0.308 e. The number of amides is 1. The molecule has 0 aliphatic carbocycles. The van der Waals surface area contributed by atoms with Crippen LogP contribution in [0.1, 0.15) is 24.0 Å². The number of hydrogen-bond donors (Lipinski definition) is 2. The Morgan fingerprint density at radius 3 is 2.59 bits per heavy atom. The zero-order valence-corrected chi connectivity index (χ0v) is 15.6. The smallest absolute Gasteiger partial charge is 0.308 e. The van der Waals surface area contributed by atoms with Gasteiger partial charge in [0.25, 0.3) is 12.1 Å². The number of esters is 1. The molecule has 0 aromatic heterocycles. The van der Waals surface area contributed by atoms with Gasteiger partial charge in [-0.05, 0) is 18.2 Å². The molecule has 2 N–H and O–H groups in total. The van der Waals surface area contributed by atoms with Gasteiger partial charge in [-0.3, -0.25) is 14.4 Å². The van der Waals surface area contributed by atoms with Crippen molar-refractivity contribution in [2.45, 2.75) is 19.1 Å². The maximum absolute atomic E-state index is 12.5. The molecule has 1 amide bonds. The minimum absolute atomic E-state index is 0.339. The van der Waals surface area contributed by atoms with Gasteiger partial charge in [0, 0.05) is 15.6 Å². The van der Waals surface area contributed by atoms with Crippen molar-refractivity contribution in [2.75, 3.05) is 5.32 Å². The molecule has 0 saturated carbocycles. The number of benzodiazepines with no additional fused rings is 1. The number of nitrogens with one attached hydrogen (secondary N) is 1. The number of halogens is 1. The summed E-state index contributed by atoms with van der Waals surface area (Å²) in [4.78, 5) is 39.4. The van der Waals surface area contributed by atoms with Gasteiger partial charge >= 0.3 is 11.9 Å². The Kier molecular flexibility index (Phi) is 5.66. The highest BCUT2D eigenvalue weighted by molar-refractivity contribution is 9.10. The highest BCUT2D eigenvalue weighted by atomic mass is 79.9. The Bertz CT molecular complexity index is 927. The van der Waals surface area contributed by atoms with Gasteiger partial charge in [0.05, 0.1) is 24.2 Å². The van der Waals surface area contributed by atoms with Crippen LogP contribution in [-0.2, 0) is 19.1 Å². The third-order valence-corrected chi connectivity index (χ3v) is 4.29. The normalized spacial score (nSPS) is 15.8. The van der Waals surface area contributed by atoms with Crippen LogP contribution in [0.25, 0.3) is 0 Å². The number of anilines is 1. The van der Waals surface area contributed by atoms with E-state index in [1.54, 1.807) is 12.1 Å². The average Bonchev–Trinajstić information content (AvgIpc) is 2.78. The average molecular weight is 431 g/mol. The van der Waals surface area contributed by atoms with Gasteiger partial charge in [0.2, 0.25) is 0 Å². The molecule has 0 bridgehead atoms. The maximum atomic E-state index is 12.5. The van der Waals surface area contributed by atoms with Gasteiger partial charge in [-0.15, -0.1) is 0 Å². The van der Waals surface area contributed by atoms with Gasteiger partial charge in [0.15, 0.2) is 0 Å². The van der Waals surface area contributed by atoms with Crippen molar-refractivity contribution < 1.29 is 24.2 Å². The van der Waals surface area contributed by atoms with Crippen molar-refractivity contribution in [3.8, 4) is 0 Å². The van der Waals surface area contributed by atoms with Crippen LogP contribution >= 0.6 is 15.9 Å². The molecule has 2 aromatic rings. The van der Waals surface area contributed by atoms with E-state index in [1.165, 1.54) is 0 Å². The SMILES string of the molecule is O=C(O)CCC(=O)OC1N=C(c2ccccc2)c2cc(Br)ccc2NC1=O. The topological polar surface area (TPSA) is 105 Å². The zero-order valence-electron chi connectivity index (χ0n) is 14.0. The molecule has 3 rings (SSSR count). The van der Waals surface area contributed by atoms with E-state index >= 15 is 0 Å². The summed E-state index contributed by atoms with van der Waals surface area (Å²) < 4.78 is 5.94. The summed E-state index contributed by atoms with van der Waals surface area (Å²) in [6.07, 6.45) is -2.13. The lowest BCUT2D eigenvalue weighted by Crippen LogP contribution is -2.30. The molecule has 1 heterocycles. The van der Waals surface area contributed by atoms with Gasteiger partial charge in [-0.2, -0.15) is 0 Å². The summed E-state index contributed by atoms with van der Waals surface area (Å²) in [6.45, 7) is 0. The molecule has 138 valence electrons. The zero-order chi connectivity index (χ0) is 19.4. The van der Waals surface area contributed by atoms with Crippen molar-refractivity contribution in [1.29, 1.82) is 0 Å². The number of carbonyl (C=O) groups excluding carboxylic acids is 2. The molecule has 0 spiro atoms. The first kappa shape index (κ1) is 18.8. The second-order valence-electron chi connectivity index (χ2n) is 5.76. The number of carboxylic acids is 1. The van der Waals surface area contributed by atoms with Crippen LogP contribution in [-0.4, -0.2) is 34.9 Å². The molecule has 0 radical (unpaired) electrons. The van der Waals surface area contributed by atoms with E-state index < -0.39 is 24.1 Å². The predicted octanol–water partition coefficient (Wildman–Crippen LogP) is 2.97. The fourth-order valence-corrected chi connectivity index (χ4v) is 2.92. The Labute approximate surface area is 163 Å². The largest absolute Gasteiger partial charge is 0.481 e. The monoisotopic (exact) mass is 430 g/mol. The number of benzene rings is 2. The van der Waals surface area contributed by atoms with Crippen molar-refractivity contribution in [3.63, 3.8) is 0 Å². The van der Waals surface area contributed by atoms with E-state index in [0.29, 0.717) is 17.0 Å². The molecule has 7 nitrogen and oxygen atoms in total. The van der Waals surface area contributed by atoms with Crippen LogP contribution in [0.5, 0.6) is 0 Å². The van der Waals surface area contributed by atoms with E-state index in [4.69, 9.17) is 9.84 Å². The van der Waals surface area contributed by atoms with Gasteiger partial charge in [0.1, 0.15) is 0 Å². The van der Waals surface area contributed by atoms with Crippen molar-refractivity contribution >= 4 is 45.2 Å². The highest BCUT2D eigenvalue weighted by Crippen LogP contribution is 2.27. The fraction of sp³-hybridized carbons (Fsp3) is 0.158. The Morgan fingerprint density at radius 2 is 1.89 bits per heavy atom. The van der Waals surface area contributed by atoms with Gasteiger partial charge in [-0.1, -0.05) is 46.3 Å². The van der Waals surface area contributed by atoms with Gasteiger partial charge < -0.3 is 15.2 Å². The third-order valence-electron chi connectivity index (χ3n) is 3.80. The predicted molar refractivity (Wildman–Crippen MR) is 102 cm³/mol. The van der Waals surface area contributed by atoms with Crippen molar-refractivity contribution in [2.24, 2.45) is 4.99 Å². The molecule has 27 heavy (non-hydrogen) atoms. The minimum atomic E-state index is -1.41. The Morgan fingerprint density at radius 1 is 1.15 bits per heavy atom. The van der Waals surface area contributed by atoms with Crippen molar-refractivity contribution in [3.05, 3.63) is 64.1 Å². The first-order chi connectivity index (χ1) is 12.9. The summed E-state index contributed by atoms with van der Waals surface area (Å²) >= 11 is 3.41. The minimum Gasteiger partial charge on any atom is -0.481 e. The lowest BCUT2D eigenvalue weighted by Gasteiger charge is -2.12. The summed E-state index contributed by atoms with van der Waals surface area (Å²) in [5.74, 6) is -2.53. The van der Waals surface area contributed by atoms with Crippen LogP contribution in [0.15, 0.2) is 58.0 Å². The molecule has 1 unspecified atom stereocenters. The number of hydrogen-bond acceptors (Lipinski definition) is 5. The van der Waals surface area contributed by atoms with Gasteiger partial charge in [-0.25, -0.2) is 4.99 Å². The molecule has 0 saturated heterocycles. The van der Waals surface area contributed by atoms with E-state index in [2.05, 4.69) is 26.2 Å². The molecule has 1 aliphatic rings. The number of rotatable bonds is 5. The number of carboxylic acid groups (broad SMARTS) is 1. The molecular formula is C19H15BrN2O5. The van der Waals surface area contributed by atoms with Crippen LogP contribution in [0.4, 0.5) is 5.69 Å². The van der Waals surface area contributed by atoms with E-state index in [-0.39, 0.29) is 12.8 Å². The van der Waals surface area contributed by atoms with E-state index in [9.17, 15) is 14.4 Å². The highest BCUT2D eigenvalue weighted by Gasteiger charge is 2.29. The first-order valence-electron chi connectivity index (χ1n) is 8.09. The lowest BCUT2D eigenvalue weighted by molar-refractivity contribution is -0.155. The number of carbonyl (C=O) groups is 3. The molecule has 2 aromatic carbocycles. The van der Waals surface area contributed by atoms with Crippen LogP contribution < -0.4 is 5.32 Å². The van der Waals surface area contributed by atoms with Crippen LogP contribution in [0.2, 0.25) is 0 Å². The molecular weight excluding hydrogens is 416 g/mol. The number of ether oxygens (including phenoxy) is 1. The fourth-order valence-electron chi connectivity index (χ4n) is 2.56. The molecule has 1 atom stereocenters. The standard InChI is InChI=1S/C19H15BrN2O5/c20-12-6-7-14-13(10-12)17(11-4-2-1-3-5-11)22-19(18(26)21-14)27-16(25)9-8-15(23)24/h1-7,10,19H,8-9H2,(H,21,26)(H,23,24). The molecule has 1 aliphatic heterocycles. The first-order valence-corrected chi connectivity index (χ1v) is 8.88. The quantitative estimate of drug-likeness (QED) is 0.709. The van der Waals surface area contributed by atoms with E-state index in [0.717, 1.165) is 10.0 Å². The van der Waals surface area contributed by atoms with Crippen LogP contribution in [0.3, 0.4) is 0 Å². The number of aliphatic carboxylic acids is 1. The summed E-state index contributed by atoms with van der Waals surface area (Å²) in [7, 11) is 0. The summed E-state index contributed by atoms with van der Waals surface area (Å²) in [5, 5.41) is 11.4. The Hall–Kier alpha value is -3.00. The second kappa shape index (κ2) is 8.13. The number of nitrogens with zero attached hydrogens (tertiary/aromatic N) is 1. The van der Waals surface area contributed by atoms with Crippen molar-refractivity contribution in [1.82, 2.24) is 0 Å². The summed E-state index contributed by atoms with van der Waals surface area (Å²) in [6, 6.07) is 14.5. The number of aliphatic imine (C=N–C) groups is 1. The number of fused-ring (bicyclic) bond motifs is 1. The Balaban J connectivity index is 1.99. The second-order valence-corrected chi connectivity index (χ2v) is 6.67. The van der Waals surface area contributed by atoms with E-state index in [1.807, 2.05) is 36.4 Å². The summed E-state index contributed by atoms with van der Waals surface area (Å²) in [5.41, 5.74) is 2.45. The third kappa shape index (κ3) is 4.59. The van der Waals surface area contributed by atoms with Crippen LogP contribution in [0, 0.1) is 0 Å². The molecule has 8 heteroatoms. The molecule has 0 fully saturated rings. The lowest BCUT2D eigenvalue weighted by atomic mass is 10.0.